The first-order chi connectivity index (χ1) is 10.9. The lowest BCUT2D eigenvalue weighted by Crippen LogP contribution is -2.22. The van der Waals surface area contributed by atoms with Crippen LogP contribution in [-0.4, -0.2) is 37.1 Å². The first kappa shape index (κ1) is 17.4. The van der Waals surface area contributed by atoms with Gasteiger partial charge in [-0.05, 0) is 48.7 Å². The molecule has 0 unspecified atom stereocenters. The summed E-state index contributed by atoms with van der Waals surface area (Å²) in [6, 6.07) is 12.2. The number of nitrogens with zero attached hydrogens (tertiary/aromatic N) is 1. The Morgan fingerprint density at radius 3 is 2.30 bits per heavy atom. The molecule has 0 aromatic heterocycles. The Balaban J connectivity index is 2.20. The van der Waals surface area contributed by atoms with E-state index in [1.807, 2.05) is 18.4 Å². The molecule has 2 aromatic rings. The van der Waals surface area contributed by atoms with Gasteiger partial charge < -0.3 is 10.2 Å². The summed E-state index contributed by atoms with van der Waals surface area (Å²) in [6.45, 7) is 0. The number of benzene rings is 2. The van der Waals surface area contributed by atoms with Crippen LogP contribution in [-0.2, 0) is 0 Å². The molecule has 0 atom stereocenters. The maximum absolute atomic E-state index is 12.3. The van der Waals surface area contributed by atoms with E-state index < -0.39 is 0 Å². The highest BCUT2D eigenvalue weighted by Crippen LogP contribution is 2.22. The van der Waals surface area contributed by atoms with Gasteiger partial charge in [0.05, 0.1) is 10.6 Å². The molecule has 0 heterocycles. The number of hydrogen-bond acceptors (Lipinski definition) is 3. The fourth-order valence-electron chi connectivity index (χ4n) is 1.95. The number of carbonyl (C=O) groups is 2. The van der Waals surface area contributed by atoms with Crippen molar-refractivity contribution < 1.29 is 9.59 Å². The molecule has 0 bridgehead atoms. The van der Waals surface area contributed by atoms with E-state index >= 15 is 0 Å². The van der Waals surface area contributed by atoms with Crippen LogP contribution in [0.2, 0.25) is 5.02 Å². The van der Waals surface area contributed by atoms with Crippen molar-refractivity contribution in [3.63, 3.8) is 0 Å². The van der Waals surface area contributed by atoms with Crippen LogP contribution in [0.1, 0.15) is 20.7 Å². The zero-order chi connectivity index (χ0) is 17.0. The Morgan fingerprint density at radius 1 is 1.09 bits per heavy atom. The second-order valence-electron chi connectivity index (χ2n) is 5.08. The van der Waals surface area contributed by atoms with E-state index in [0.717, 1.165) is 4.90 Å². The van der Waals surface area contributed by atoms with E-state index in [1.165, 1.54) is 4.90 Å². The normalized spacial score (nSPS) is 10.3. The second-order valence-corrected chi connectivity index (χ2v) is 6.36. The molecule has 1 N–H and O–H groups in total. The molecule has 4 nitrogen and oxygen atoms in total. The monoisotopic (exact) mass is 348 g/mol. The van der Waals surface area contributed by atoms with Gasteiger partial charge in [0.2, 0.25) is 0 Å². The minimum atomic E-state index is -0.233. The van der Waals surface area contributed by atoms with Crippen molar-refractivity contribution in [2.24, 2.45) is 0 Å². The summed E-state index contributed by atoms with van der Waals surface area (Å²) in [7, 11) is 3.30. The molecule has 0 saturated carbocycles. The quantitative estimate of drug-likeness (QED) is 0.849. The molecule has 2 amide bonds. The maximum atomic E-state index is 12.3. The van der Waals surface area contributed by atoms with Gasteiger partial charge in [0.1, 0.15) is 0 Å². The Hall–Kier alpha value is -1.98. The molecular weight excluding hydrogens is 332 g/mol. The van der Waals surface area contributed by atoms with Gasteiger partial charge in [-0.25, -0.2) is 0 Å². The Morgan fingerprint density at radius 2 is 1.74 bits per heavy atom. The minimum absolute atomic E-state index is 0.213. The first-order valence-electron chi connectivity index (χ1n) is 6.89. The molecule has 2 rings (SSSR count). The van der Waals surface area contributed by atoms with Gasteiger partial charge in [-0.3, -0.25) is 9.59 Å². The van der Waals surface area contributed by atoms with Crippen molar-refractivity contribution in [2.75, 3.05) is 25.7 Å². The zero-order valence-corrected chi connectivity index (χ0v) is 14.7. The predicted octanol–water partition coefficient (Wildman–Crippen LogP) is 4.02. The van der Waals surface area contributed by atoms with Gasteiger partial charge >= 0.3 is 0 Å². The molecule has 0 spiro atoms. The minimum Gasteiger partial charge on any atom is -0.345 e. The molecule has 0 saturated heterocycles. The Bertz CT molecular complexity index is 730. The lowest BCUT2D eigenvalue weighted by molar-refractivity contribution is 0.0827. The summed E-state index contributed by atoms with van der Waals surface area (Å²) < 4.78 is 0. The number of anilines is 1. The van der Waals surface area contributed by atoms with Crippen molar-refractivity contribution >= 4 is 40.9 Å². The molecule has 0 aliphatic rings. The molecule has 2 aromatic carbocycles. The van der Waals surface area contributed by atoms with Gasteiger partial charge in [0, 0.05) is 30.2 Å². The van der Waals surface area contributed by atoms with E-state index in [2.05, 4.69) is 5.32 Å². The van der Waals surface area contributed by atoms with E-state index in [9.17, 15) is 9.59 Å². The first-order valence-corrected chi connectivity index (χ1v) is 8.49. The molecule has 0 fully saturated rings. The summed E-state index contributed by atoms with van der Waals surface area (Å²) in [6.07, 6.45) is 1.98. The van der Waals surface area contributed by atoms with Crippen LogP contribution in [0.3, 0.4) is 0 Å². The number of amides is 2. The standard InChI is InChI=1S/C17H17ClN2O2S/c1-20(2)17(22)14-10-12(6-9-15(14)18)19-16(21)11-4-7-13(23-3)8-5-11/h4-10H,1-3H3,(H,19,21). The van der Waals surface area contributed by atoms with Crippen molar-refractivity contribution in [3.8, 4) is 0 Å². The third kappa shape index (κ3) is 4.27. The highest BCUT2D eigenvalue weighted by atomic mass is 35.5. The predicted molar refractivity (Wildman–Crippen MR) is 95.6 cm³/mol. The van der Waals surface area contributed by atoms with Crippen molar-refractivity contribution in [3.05, 3.63) is 58.6 Å². The van der Waals surface area contributed by atoms with Crippen LogP contribution < -0.4 is 5.32 Å². The second kappa shape index (κ2) is 7.53. The fourth-order valence-corrected chi connectivity index (χ4v) is 2.56. The zero-order valence-electron chi connectivity index (χ0n) is 13.1. The third-order valence-electron chi connectivity index (χ3n) is 3.21. The third-order valence-corrected chi connectivity index (χ3v) is 4.29. The number of halogens is 1. The molecule has 0 aliphatic carbocycles. The summed E-state index contributed by atoms with van der Waals surface area (Å²) in [5.74, 6) is -0.446. The van der Waals surface area contributed by atoms with Crippen LogP contribution >= 0.6 is 23.4 Å². The molecule has 120 valence electrons. The Labute approximate surface area is 144 Å². The maximum Gasteiger partial charge on any atom is 0.255 e. The van der Waals surface area contributed by atoms with Gasteiger partial charge in [-0.1, -0.05) is 11.6 Å². The van der Waals surface area contributed by atoms with Crippen LogP contribution in [0.4, 0.5) is 5.69 Å². The van der Waals surface area contributed by atoms with Crippen molar-refractivity contribution in [2.45, 2.75) is 4.90 Å². The molecular formula is C17H17ClN2O2S. The SMILES string of the molecule is CSc1ccc(C(=O)Nc2ccc(Cl)c(C(=O)N(C)C)c2)cc1. The average molecular weight is 349 g/mol. The van der Waals surface area contributed by atoms with Gasteiger partial charge in [-0.15, -0.1) is 11.8 Å². The van der Waals surface area contributed by atoms with Crippen LogP contribution in [0.15, 0.2) is 47.4 Å². The van der Waals surface area contributed by atoms with Crippen LogP contribution in [0.5, 0.6) is 0 Å². The topological polar surface area (TPSA) is 49.4 Å². The van der Waals surface area contributed by atoms with Crippen LogP contribution in [0.25, 0.3) is 0 Å². The van der Waals surface area contributed by atoms with E-state index in [1.54, 1.807) is 56.2 Å². The molecule has 23 heavy (non-hydrogen) atoms. The van der Waals surface area contributed by atoms with E-state index in [4.69, 9.17) is 11.6 Å². The van der Waals surface area contributed by atoms with Gasteiger partial charge in [0.15, 0.2) is 0 Å². The number of nitrogens with one attached hydrogen (secondary N) is 1. The highest BCUT2D eigenvalue weighted by molar-refractivity contribution is 7.98. The van der Waals surface area contributed by atoms with Gasteiger partial charge in [0.25, 0.3) is 11.8 Å². The smallest absolute Gasteiger partial charge is 0.255 e. The highest BCUT2D eigenvalue weighted by Gasteiger charge is 2.14. The number of hydrogen-bond donors (Lipinski definition) is 1. The van der Waals surface area contributed by atoms with Gasteiger partial charge in [-0.2, -0.15) is 0 Å². The summed E-state index contributed by atoms with van der Waals surface area (Å²) >= 11 is 7.67. The van der Waals surface area contributed by atoms with Crippen molar-refractivity contribution in [1.29, 1.82) is 0 Å². The molecule has 6 heteroatoms. The van der Waals surface area contributed by atoms with Crippen molar-refractivity contribution in [1.82, 2.24) is 4.90 Å². The number of carbonyl (C=O) groups excluding carboxylic acids is 2. The summed E-state index contributed by atoms with van der Waals surface area (Å²) in [5.41, 5.74) is 1.43. The lowest BCUT2D eigenvalue weighted by Gasteiger charge is -2.13. The number of thioether (sulfide) groups is 1. The fraction of sp³-hybridized carbons (Fsp3) is 0.176. The number of rotatable bonds is 4. The largest absolute Gasteiger partial charge is 0.345 e. The molecule has 0 radical (unpaired) electrons. The summed E-state index contributed by atoms with van der Waals surface area (Å²) in [4.78, 5) is 26.9. The summed E-state index contributed by atoms with van der Waals surface area (Å²) in [5, 5.41) is 3.13. The van der Waals surface area contributed by atoms with E-state index in [0.29, 0.717) is 21.8 Å². The lowest BCUT2D eigenvalue weighted by atomic mass is 10.1. The van der Waals surface area contributed by atoms with Crippen LogP contribution in [0, 0.1) is 0 Å². The molecule has 0 aliphatic heterocycles. The average Bonchev–Trinajstić information content (AvgIpc) is 2.55. The Kier molecular flexibility index (Phi) is 5.69. The van der Waals surface area contributed by atoms with E-state index in [-0.39, 0.29) is 11.8 Å².